The molecule has 0 fully saturated rings. The molecule has 2 aromatic rings. The molecule has 290 valence electrons. The number of rotatable bonds is 28. The van der Waals surface area contributed by atoms with Crippen molar-refractivity contribution in [1.82, 2.24) is 0 Å². The first kappa shape index (κ1) is 45.2. The monoisotopic (exact) mass is 741 g/mol. The van der Waals surface area contributed by atoms with Gasteiger partial charge in [-0.2, -0.15) is 0 Å². The molecule has 0 bridgehead atoms. The molecule has 0 saturated carbocycles. The van der Waals surface area contributed by atoms with Crippen LogP contribution in [-0.2, 0) is 27.3 Å². The Morgan fingerprint density at radius 1 is 0.431 bits per heavy atom. The number of aryl methyl sites for hydroxylation is 2. The van der Waals surface area contributed by atoms with Gasteiger partial charge in [0, 0.05) is 22.3 Å². The molecule has 0 spiro atoms. The molecule has 0 aromatic heterocycles. The van der Waals surface area contributed by atoms with Crippen LogP contribution in [0.5, 0.6) is 0 Å². The van der Waals surface area contributed by atoms with Crippen molar-refractivity contribution in [3.05, 3.63) is 87.5 Å². The van der Waals surface area contributed by atoms with Crippen LogP contribution >= 0.6 is 0 Å². The van der Waals surface area contributed by atoms with Crippen LogP contribution < -0.4 is 0 Å². The average Bonchev–Trinajstić information content (AvgIpc) is 3.42. The molecule has 1 aliphatic rings. The van der Waals surface area contributed by atoms with E-state index in [-0.39, 0.29) is 0 Å². The zero-order valence-corrected chi connectivity index (χ0v) is 35.2. The Hall–Kier alpha value is -1.99. The molecule has 2 nitrogen and oxygen atoms in total. The Balaban J connectivity index is 0.00000290. The van der Waals surface area contributed by atoms with E-state index in [1.54, 1.807) is 19.1 Å². The molecular weight excluding hydrogens is 663 g/mol. The molecule has 0 amide bonds. The fourth-order valence-electron chi connectivity index (χ4n) is 7.52. The molecule has 0 atom stereocenters. The molecule has 3 heteroatoms. The molecule has 3 rings (SSSR count). The molecule has 0 unspecified atom stereocenters. The van der Waals surface area contributed by atoms with Crippen LogP contribution in [0.15, 0.2) is 59.7 Å². The van der Waals surface area contributed by atoms with Gasteiger partial charge in [0.15, 0.2) is 0 Å². The van der Waals surface area contributed by atoms with Gasteiger partial charge < -0.3 is 5.53 Å². The normalized spacial score (nSPS) is 13.0. The number of nitrogens with zero attached hydrogens (tertiary/aromatic N) is 2. The van der Waals surface area contributed by atoms with Gasteiger partial charge in [-0.15, -0.1) is 0 Å². The molecule has 0 radical (unpaired) electrons. The Morgan fingerprint density at radius 2 is 0.745 bits per heavy atom. The number of allylic oxidation sites excluding steroid dienone is 2. The predicted molar refractivity (Wildman–Crippen MR) is 223 cm³/mol. The van der Waals surface area contributed by atoms with Crippen molar-refractivity contribution < 1.29 is 19.1 Å². The van der Waals surface area contributed by atoms with Gasteiger partial charge in [0.2, 0.25) is 11.4 Å². The molecule has 1 heterocycles. The number of hydrogen-bond acceptors (Lipinski definition) is 0. The van der Waals surface area contributed by atoms with E-state index in [9.17, 15) is 5.53 Å². The van der Waals surface area contributed by atoms with Crippen LogP contribution in [0.1, 0.15) is 204 Å². The first-order valence-corrected chi connectivity index (χ1v) is 23.4. The van der Waals surface area contributed by atoms with Crippen molar-refractivity contribution in [2.45, 2.75) is 206 Å². The minimum absolute atomic E-state index is 1.02. The van der Waals surface area contributed by atoms with Crippen molar-refractivity contribution in [2.24, 2.45) is 0 Å². The van der Waals surface area contributed by atoms with E-state index in [0.29, 0.717) is 0 Å². The summed E-state index contributed by atoms with van der Waals surface area (Å²) in [5.41, 5.74) is 22.0. The van der Waals surface area contributed by atoms with Gasteiger partial charge in [0.1, 0.15) is 0 Å². The van der Waals surface area contributed by atoms with Gasteiger partial charge in [-0.1, -0.05) is 168 Å². The third-order valence-corrected chi connectivity index (χ3v) is 10.5. The van der Waals surface area contributed by atoms with Crippen LogP contribution in [0.3, 0.4) is 0 Å². The van der Waals surface area contributed by atoms with Crippen LogP contribution in [0.4, 0.5) is 0 Å². The van der Waals surface area contributed by atoms with E-state index < -0.39 is 0 Å². The Bertz CT molecular complexity index is 1270. The van der Waals surface area contributed by atoms with E-state index in [2.05, 4.69) is 88.0 Å². The van der Waals surface area contributed by atoms with Crippen LogP contribution in [-0.4, -0.2) is 4.70 Å². The Kier molecular flexibility index (Phi) is 26.1. The summed E-state index contributed by atoms with van der Waals surface area (Å²) >= 11 is 1.62. The van der Waals surface area contributed by atoms with E-state index in [1.807, 2.05) is 0 Å². The van der Waals surface area contributed by atoms with Crippen molar-refractivity contribution in [3.8, 4) is 0 Å². The summed E-state index contributed by atoms with van der Waals surface area (Å²) in [6, 6.07) is 18.1. The number of hydrogen-bond donors (Lipinski definition) is 0. The summed E-state index contributed by atoms with van der Waals surface area (Å²) in [4.78, 5) is 0. The van der Waals surface area contributed by atoms with Crippen molar-refractivity contribution in [2.75, 3.05) is 0 Å². The van der Waals surface area contributed by atoms with E-state index in [0.717, 1.165) is 55.5 Å². The maximum absolute atomic E-state index is 12.0. The molecule has 51 heavy (non-hydrogen) atoms. The van der Waals surface area contributed by atoms with E-state index >= 15 is 0 Å². The van der Waals surface area contributed by atoms with Crippen molar-refractivity contribution in [3.63, 3.8) is 0 Å². The fourth-order valence-corrected chi connectivity index (χ4v) is 7.52. The van der Waals surface area contributed by atoms with Gasteiger partial charge in [-0.25, -0.2) is 4.70 Å². The van der Waals surface area contributed by atoms with Gasteiger partial charge in [-0.05, 0) is 86.8 Å². The first-order valence-electron chi connectivity index (χ1n) is 21.4. The van der Waals surface area contributed by atoms with Crippen LogP contribution in [0, 0.1) is 0 Å². The topological polar surface area (TPSA) is 25.3 Å². The maximum atomic E-state index is 12.0. The summed E-state index contributed by atoms with van der Waals surface area (Å²) in [6.07, 6.45) is 33.6. The summed E-state index contributed by atoms with van der Waals surface area (Å²) in [5.74, 6) is 4.12. The molecule has 0 saturated heterocycles. The standard InChI is InChI=1S/C46H72N2.2CH3.Ni/c1-5-9-13-14-15-16-17-18-19-20-21-22-23-24-26-30-40-32-28-34-42(38-40)46-44(36-25-10-6-2)43(35-12-8-4)45(48(46)47)41-33-27-31-39(37-41)29-11-7-3;;;/h27-28,31-34,37-38H,5-26,29-30,35-36H2,1-4H3;2*1H3;. The molecule has 1 aliphatic heterocycles. The van der Waals surface area contributed by atoms with Gasteiger partial charge in [0.05, 0.1) is 0 Å². The minimum atomic E-state index is 1.02. The van der Waals surface area contributed by atoms with E-state index in [1.165, 1.54) is 156 Å². The number of benzene rings is 2. The number of unbranched alkanes of at least 4 members (excludes halogenated alkanes) is 18. The average molecular weight is 742 g/mol. The second kappa shape index (κ2) is 29.5. The summed E-state index contributed by atoms with van der Waals surface area (Å²) in [7, 11) is 0. The molecular formula is C48H78N2Ni. The molecule has 2 aromatic carbocycles. The molecule has 0 N–H and O–H groups in total. The Morgan fingerprint density at radius 3 is 1.18 bits per heavy atom. The summed E-state index contributed by atoms with van der Waals surface area (Å²) in [6.45, 7) is 9.12. The first-order chi connectivity index (χ1) is 25.1. The van der Waals surface area contributed by atoms with Crippen molar-refractivity contribution in [1.29, 1.82) is 0 Å². The predicted octanol–water partition coefficient (Wildman–Crippen LogP) is 16.5. The SMILES string of the molecule is CCCCCCCCCCCCCCCCCc1cccc(C2=C(CCCCC)C(CCCC)=C(c3cccc(CCCC)c3)[N+]2=[N-])c1.[CH3][Ni][CH3]. The third-order valence-electron chi connectivity index (χ3n) is 10.5. The zero-order chi connectivity index (χ0) is 36.9. The zero-order valence-electron chi connectivity index (χ0n) is 34.2. The second-order valence-corrected chi connectivity index (χ2v) is 16.0. The van der Waals surface area contributed by atoms with Crippen LogP contribution in [0.2, 0.25) is 11.8 Å². The summed E-state index contributed by atoms with van der Waals surface area (Å²) < 4.78 is 1.58. The quantitative estimate of drug-likeness (QED) is 0.0471. The van der Waals surface area contributed by atoms with Gasteiger partial charge in [0.25, 0.3) is 0 Å². The third kappa shape index (κ3) is 17.6. The second-order valence-electron chi connectivity index (χ2n) is 15.0. The van der Waals surface area contributed by atoms with E-state index in [4.69, 9.17) is 0 Å². The Labute approximate surface area is 323 Å². The van der Waals surface area contributed by atoms with Crippen LogP contribution in [0.25, 0.3) is 16.9 Å². The molecule has 0 aliphatic carbocycles. The van der Waals surface area contributed by atoms with Gasteiger partial charge in [-0.3, -0.25) is 0 Å². The summed E-state index contributed by atoms with van der Waals surface area (Å²) in [5, 5.41) is 0. The fraction of sp³-hybridized carbons (Fsp3) is 0.667. The van der Waals surface area contributed by atoms with Crippen molar-refractivity contribution >= 4 is 11.4 Å². The van der Waals surface area contributed by atoms with Gasteiger partial charge >= 0.3 is 26.2 Å².